The third kappa shape index (κ3) is 2.37. The predicted octanol–water partition coefficient (Wildman–Crippen LogP) is 2.83. The predicted molar refractivity (Wildman–Crippen MR) is 64.6 cm³/mol. The molecule has 2 rings (SSSR count). The smallest absolute Gasteiger partial charge is 0.259 e. The maximum Gasteiger partial charge on any atom is 0.259 e. The topological polar surface area (TPSA) is 64.9 Å². The number of hydrogen-bond acceptors (Lipinski definition) is 4. The molecule has 0 aliphatic heterocycles. The van der Waals surface area contributed by atoms with Gasteiger partial charge in [-0.15, -0.1) is 0 Å². The zero-order chi connectivity index (χ0) is 12.6. The first-order chi connectivity index (χ1) is 7.89. The molecule has 1 aromatic carbocycles. The molecule has 0 saturated heterocycles. The first kappa shape index (κ1) is 12.2. The van der Waals surface area contributed by atoms with Crippen molar-refractivity contribution in [3.63, 3.8) is 0 Å². The molecule has 0 unspecified atom stereocenters. The Balaban J connectivity index is 2.48. The Morgan fingerprint density at radius 1 is 1.41 bits per heavy atom. The third-order valence-electron chi connectivity index (χ3n) is 2.18. The van der Waals surface area contributed by atoms with Gasteiger partial charge in [-0.25, -0.2) is 4.39 Å². The van der Waals surface area contributed by atoms with Crippen molar-refractivity contribution in [1.82, 2.24) is 10.1 Å². The Kier molecular flexibility index (Phi) is 3.01. The van der Waals surface area contributed by atoms with Crippen molar-refractivity contribution in [3.8, 4) is 11.5 Å². The number of rotatable bonds is 2. The number of nitrogens with zero attached hydrogens (tertiary/aromatic N) is 2. The summed E-state index contributed by atoms with van der Waals surface area (Å²) >= 11 is 3.14. The molecule has 0 radical (unpaired) electrons. The molecule has 0 bridgehead atoms. The van der Waals surface area contributed by atoms with E-state index in [4.69, 9.17) is 10.3 Å². The molecule has 0 atom stereocenters. The van der Waals surface area contributed by atoms with Crippen molar-refractivity contribution >= 4 is 15.9 Å². The fraction of sp³-hybridized carbons (Fsp3) is 0.273. The van der Waals surface area contributed by atoms with Gasteiger partial charge in [0.1, 0.15) is 5.82 Å². The summed E-state index contributed by atoms with van der Waals surface area (Å²) in [6.45, 7) is 3.53. The Bertz CT molecular complexity index is 548. The van der Waals surface area contributed by atoms with Crippen LogP contribution in [0.25, 0.3) is 11.5 Å². The quantitative estimate of drug-likeness (QED) is 0.926. The molecule has 0 saturated carbocycles. The van der Waals surface area contributed by atoms with Crippen LogP contribution in [0.2, 0.25) is 0 Å². The second kappa shape index (κ2) is 4.19. The van der Waals surface area contributed by atoms with Crippen molar-refractivity contribution < 1.29 is 8.91 Å². The maximum atomic E-state index is 13.3. The van der Waals surface area contributed by atoms with Crippen LogP contribution in [-0.4, -0.2) is 10.1 Å². The second-order valence-corrected chi connectivity index (χ2v) is 5.04. The molecular formula is C11H11BrFN3O. The van der Waals surface area contributed by atoms with E-state index in [0.717, 1.165) is 0 Å². The highest BCUT2D eigenvalue weighted by Gasteiger charge is 2.23. The molecule has 0 aliphatic rings. The lowest BCUT2D eigenvalue weighted by atomic mass is 10.1. The first-order valence-corrected chi connectivity index (χ1v) is 5.76. The molecule has 1 heterocycles. The highest BCUT2D eigenvalue weighted by Crippen LogP contribution is 2.29. The number of nitrogens with two attached hydrogens (primary N) is 1. The van der Waals surface area contributed by atoms with E-state index in [2.05, 4.69) is 26.1 Å². The summed E-state index contributed by atoms with van der Waals surface area (Å²) in [4.78, 5) is 4.15. The maximum absolute atomic E-state index is 13.3. The van der Waals surface area contributed by atoms with Crippen LogP contribution >= 0.6 is 15.9 Å². The lowest BCUT2D eigenvalue weighted by Gasteiger charge is -2.11. The van der Waals surface area contributed by atoms with Crippen molar-refractivity contribution in [2.24, 2.45) is 5.73 Å². The van der Waals surface area contributed by atoms with Crippen LogP contribution in [0, 0.1) is 5.82 Å². The van der Waals surface area contributed by atoms with Crippen LogP contribution in [0.15, 0.2) is 27.2 Å². The Morgan fingerprint density at radius 3 is 2.71 bits per heavy atom. The monoisotopic (exact) mass is 299 g/mol. The minimum atomic E-state index is -0.693. The minimum absolute atomic E-state index is 0.241. The van der Waals surface area contributed by atoms with E-state index >= 15 is 0 Å². The molecule has 90 valence electrons. The molecule has 1 aromatic heterocycles. The van der Waals surface area contributed by atoms with E-state index in [1.54, 1.807) is 26.0 Å². The molecule has 2 N–H and O–H groups in total. The van der Waals surface area contributed by atoms with Gasteiger partial charge in [0.2, 0.25) is 0 Å². The number of halogens is 2. The molecule has 2 aromatic rings. The molecule has 0 amide bonds. The van der Waals surface area contributed by atoms with Gasteiger partial charge in [0.05, 0.1) is 15.6 Å². The van der Waals surface area contributed by atoms with Crippen molar-refractivity contribution in [3.05, 3.63) is 34.3 Å². The van der Waals surface area contributed by atoms with Gasteiger partial charge in [0.15, 0.2) is 5.82 Å². The minimum Gasteiger partial charge on any atom is -0.334 e. The molecule has 0 aliphatic carbocycles. The number of benzene rings is 1. The largest absolute Gasteiger partial charge is 0.334 e. The summed E-state index contributed by atoms with van der Waals surface area (Å²) in [5.41, 5.74) is 5.66. The Labute approximate surface area is 106 Å². The lowest BCUT2D eigenvalue weighted by Crippen LogP contribution is -2.30. The van der Waals surface area contributed by atoms with Crippen molar-refractivity contribution in [1.29, 1.82) is 0 Å². The van der Waals surface area contributed by atoms with Gasteiger partial charge >= 0.3 is 0 Å². The summed E-state index contributed by atoms with van der Waals surface area (Å²) in [5.74, 6) is 0.239. The summed E-state index contributed by atoms with van der Waals surface area (Å²) in [6.07, 6.45) is 0. The van der Waals surface area contributed by atoms with Gasteiger partial charge < -0.3 is 10.3 Å². The van der Waals surface area contributed by atoms with Crippen LogP contribution in [0.4, 0.5) is 4.39 Å². The SMILES string of the molecule is CC(C)(N)c1noc(-c2cccc(F)c2Br)n1. The summed E-state index contributed by atoms with van der Waals surface area (Å²) in [7, 11) is 0. The van der Waals surface area contributed by atoms with Gasteiger partial charge in [-0.1, -0.05) is 11.2 Å². The Morgan fingerprint density at radius 2 is 2.12 bits per heavy atom. The zero-order valence-corrected chi connectivity index (χ0v) is 11.0. The van der Waals surface area contributed by atoms with Gasteiger partial charge in [-0.2, -0.15) is 4.98 Å². The Hall–Kier alpha value is -1.27. The average Bonchev–Trinajstić information content (AvgIpc) is 2.70. The molecular weight excluding hydrogens is 289 g/mol. The van der Waals surface area contributed by atoms with Crippen LogP contribution in [0.3, 0.4) is 0 Å². The van der Waals surface area contributed by atoms with E-state index in [1.807, 2.05) is 0 Å². The molecule has 6 heteroatoms. The van der Waals surface area contributed by atoms with Crippen LogP contribution in [0.1, 0.15) is 19.7 Å². The van der Waals surface area contributed by atoms with Gasteiger partial charge in [-0.05, 0) is 41.9 Å². The normalized spacial score (nSPS) is 11.8. The van der Waals surface area contributed by atoms with Crippen LogP contribution in [0.5, 0.6) is 0 Å². The highest BCUT2D eigenvalue weighted by atomic mass is 79.9. The molecule has 0 spiro atoms. The van der Waals surface area contributed by atoms with Gasteiger partial charge in [0, 0.05) is 0 Å². The van der Waals surface area contributed by atoms with E-state index in [9.17, 15) is 4.39 Å². The number of hydrogen-bond donors (Lipinski definition) is 1. The standard InChI is InChI=1S/C11H11BrFN3O/c1-11(2,14)10-15-9(17-16-10)6-4-3-5-7(13)8(6)12/h3-5H,14H2,1-2H3. The zero-order valence-electron chi connectivity index (χ0n) is 9.37. The van der Waals surface area contributed by atoms with E-state index < -0.39 is 5.54 Å². The summed E-state index contributed by atoms with van der Waals surface area (Å²) in [5, 5.41) is 3.78. The fourth-order valence-corrected chi connectivity index (χ4v) is 1.70. The highest BCUT2D eigenvalue weighted by molar-refractivity contribution is 9.10. The van der Waals surface area contributed by atoms with Crippen molar-refractivity contribution in [2.75, 3.05) is 0 Å². The van der Waals surface area contributed by atoms with E-state index in [0.29, 0.717) is 15.9 Å². The number of aromatic nitrogens is 2. The molecule has 17 heavy (non-hydrogen) atoms. The summed E-state index contributed by atoms with van der Waals surface area (Å²) in [6, 6.07) is 4.61. The first-order valence-electron chi connectivity index (χ1n) is 4.97. The third-order valence-corrected chi connectivity index (χ3v) is 2.99. The van der Waals surface area contributed by atoms with E-state index in [-0.39, 0.29) is 11.7 Å². The van der Waals surface area contributed by atoms with Gasteiger partial charge in [-0.3, -0.25) is 0 Å². The second-order valence-electron chi connectivity index (χ2n) is 4.25. The average molecular weight is 300 g/mol. The fourth-order valence-electron chi connectivity index (χ4n) is 1.26. The van der Waals surface area contributed by atoms with E-state index in [1.165, 1.54) is 6.07 Å². The molecule has 0 fully saturated rings. The lowest BCUT2D eigenvalue weighted by molar-refractivity contribution is 0.397. The van der Waals surface area contributed by atoms with Crippen molar-refractivity contribution in [2.45, 2.75) is 19.4 Å². The molecule has 4 nitrogen and oxygen atoms in total. The van der Waals surface area contributed by atoms with Crippen LogP contribution in [-0.2, 0) is 5.54 Å². The van der Waals surface area contributed by atoms with Crippen LogP contribution < -0.4 is 5.73 Å². The summed E-state index contributed by atoms with van der Waals surface area (Å²) < 4.78 is 18.7. The van der Waals surface area contributed by atoms with Gasteiger partial charge in [0.25, 0.3) is 5.89 Å².